The lowest BCUT2D eigenvalue weighted by Crippen LogP contribution is -2.22. The number of allylic oxidation sites excluding steroid dienone is 2. The van der Waals surface area contributed by atoms with Crippen molar-refractivity contribution in [3.05, 3.63) is 28.9 Å². The molecule has 0 radical (unpaired) electrons. The number of carboxylic acids is 2. The highest BCUT2D eigenvalue weighted by molar-refractivity contribution is 6.00. The third-order valence-corrected chi connectivity index (χ3v) is 2.10. The third kappa shape index (κ3) is 1.87. The summed E-state index contributed by atoms with van der Waals surface area (Å²) in [7, 11) is 0. The highest BCUT2D eigenvalue weighted by Crippen LogP contribution is 2.27. The van der Waals surface area contributed by atoms with Crippen molar-refractivity contribution in [2.24, 2.45) is 5.92 Å². The molecule has 1 unspecified atom stereocenters. The minimum Gasteiger partial charge on any atom is -0.481 e. The number of carboxylic acid groups (broad SMARTS) is 2. The summed E-state index contributed by atoms with van der Waals surface area (Å²) in [5, 5.41) is 17.6. The van der Waals surface area contributed by atoms with Gasteiger partial charge in [-0.1, -0.05) is 12.2 Å². The van der Waals surface area contributed by atoms with Gasteiger partial charge in [0.25, 0.3) is 0 Å². The molecular formula is C10H8O5. The van der Waals surface area contributed by atoms with Crippen molar-refractivity contribution in [1.29, 1.82) is 0 Å². The zero-order valence-corrected chi connectivity index (χ0v) is 7.85. The van der Waals surface area contributed by atoms with Crippen LogP contribution in [0.3, 0.4) is 0 Å². The van der Waals surface area contributed by atoms with Crippen LogP contribution in [0.4, 0.5) is 0 Å². The molecule has 0 heterocycles. The molecule has 0 fully saturated rings. The van der Waals surface area contributed by atoms with Gasteiger partial charge in [-0.3, -0.25) is 4.79 Å². The number of carbonyl (C=O) groups is 2. The minimum absolute atomic E-state index is 0.278. The van der Waals surface area contributed by atoms with E-state index in [0.29, 0.717) is 5.57 Å². The molecule has 78 valence electrons. The maximum absolute atomic E-state index is 10.8. The van der Waals surface area contributed by atoms with Crippen LogP contribution in [0.15, 0.2) is 28.9 Å². The molecule has 0 aromatic carbocycles. The van der Waals surface area contributed by atoms with Crippen molar-refractivity contribution in [3.8, 4) is 0 Å². The number of hydrogen-bond acceptors (Lipinski definition) is 3. The Morgan fingerprint density at radius 3 is 2.40 bits per heavy atom. The predicted octanol–water partition coefficient (Wildman–Crippen LogP) is 0.416. The molecule has 15 heavy (non-hydrogen) atoms. The fourth-order valence-corrected chi connectivity index (χ4v) is 1.39. The Morgan fingerprint density at radius 2 is 2.00 bits per heavy atom. The van der Waals surface area contributed by atoms with Crippen LogP contribution in [-0.2, 0) is 14.4 Å². The van der Waals surface area contributed by atoms with Gasteiger partial charge in [-0.2, -0.15) is 0 Å². The van der Waals surface area contributed by atoms with Crippen molar-refractivity contribution in [2.75, 3.05) is 0 Å². The minimum atomic E-state index is -1.32. The van der Waals surface area contributed by atoms with Gasteiger partial charge in [-0.15, -0.1) is 0 Å². The SMILES string of the molecule is CC1=C(C(=O)O)C(=C=O)C(C(=O)O)C=C1. The van der Waals surface area contributed by atoms with Crippen molar-refractivity contribution < 1.29 is 24.6 Å². The quantitative estimate of drug-likeness (QED) is 0.641. The van der Waals surface area contributed by atoms with E-state index in [4.69, 9.17) is 10.2 Å². The van der Waals surface area contributed by atoms with Crippen LogP contribution in [-0.4, -0.2) is 28.1 Å². The molecule has 2 N–H and O–H groups in total. The highest BCUT2D eigenvalue weighted by Gasteiger charge is 2.31. The molecular weight excluding hydrogens is 200 g/mol. The lowest BCUT2D eigenvalue weighted by Gasteiger charge is -2.16. The van der Waals surface area contributed by atoms with E-state index in [2.05, 4.69) is 0 Å². The molecule has 1 aliphatic carbocycles. The van der Waals surface area contributed by atoms with Crippen LogP contribution < -0.4 is 0 Å². The highest BCUT2D eigenvalue weighted by atomic mass is 16.4. The van der Waals surface area contributed by atoms with Gasteiger partial charge in [-0.25, -0.2) is 9.59 Å². The van der Waals surface area contributed by atoms with Crippen molar-refractivity contribution in [1.82, 2.24) is 0 Å². The summed E-state index contributed by atoms with van der Waals surface area (Å²) < 4.78 is 0. The molecule has 1 atom stereocenters. The van der Waals surface area contributed by atoms with Gasteiger partial charge in [0.05, 0.1) is 11.1 Å². The Morgan fingerprint density at radius 1 is 1.40 bits per heavy atom. The van der Waals surface area contributed by atoms with Gasteiger partial charge in [-0.05, 0) is 12.5 Å². The van der Waals surface area contributed by atoms with E-state index >= 15 is 0 Å². The maximum atomic E-state index is 10.8. The Kier molecular flexibility index (Phi) is 2.87. The first-order valence-corrected chi connectivity index (χ1v) is 4.09. The average Bonchev–Trinajstić information content (AvgIpc) is 2.15. The number of rotatable bonds is 2. The van der Waals surface area contributed by atoms with Gasteiger partial charge in [0.15, 0.2) is 0 Å². The molecule has 1 rings (SSSR count). The predicted molar refractivity (Wildman–Crippen MR) is 49.8 cm³/mol. The number of aliphatic carboxylic acids is 2. The van der Waals surface area contributed by atoms with E-state index in [1.54, 1.807) is 0 Å². The third-order valence-electron chi connectivity index (χ3n) is 2.10. The van der Waals surface area contributed by atoms with E-state index in [0.717, 1.165) is 0 Å². The second-order valence-electron chi connectivity index (χ2n) is 3.05. The molecule has 0 aliphatic heterocycles. The largest absolute Gasteiger partial charge is 0.481 e. The fraction of sp³-hybridized carbons (Fsp3) is 0.200. The van der Waals surface area contributed by atoms with Gasteiger partial charge in [0.1, 0.15) is 11.9 Å². The summed E-state index contributed by atoms with van der Waals surface area (Å²) in [6.45, 7) is 1.50. The van der Waals surface area contributed by atoms with Crippen LogP contribution >= 0.6 is 0 Å². The van der Waals surface area contributed by atoms with E-state index in [9.17, 15) is 14.4 Å². The average molecular weight is 208 g/mol. The Hall–Kier alpha value is -2.13. The summed E-state index contributed by atoms with van der Waals surface area (Å²) in [5.74, 6) is -2.42. The van der Waals surface area contributed by atoms with Crippen LogP contribution in [0.2, 0.25) is 0 Å². The standard InChI is InChI=1S/C10H8O5/c1-5-2-3-6(9(12)13)7(4-11)8(5)10(14)15/h2-3,6H,1H3,(H,12,13)(H,14,15). The second kappa shape index (κ2) is 3.94. The fourth-order valence-electron chi connectivity index (χ4n) is 1.39. The van der Waals surface area contributed by atoms with E-state index in [-0.39, 0.29) is 11.1 Å². The maximum Gasteiger partial charge on any atom is 0.337 e. The van der Waals surface area contributed by atoms with Crippen LogP contribution in [0.1, 0.15) is 6.92 Å². The van der Waals surface area contributed by atoms with Crippen molar-refractivity contribution >= 4 is 17.9 Å². The number of carbonyl (C=O) groups excluding carboxylic acids is 1. The molecule has 0 saturated heterocycles. The van der Waals surface area contributed by atoms with Gasteiger partial charge in [0.2, 0.25) is 0 Å². The first-order chi connectivity index (χ1) is 6.99. The summed E-state index contributed by atoms with van der Waals surface area (Å²) >= 11 is 0. The topological polar surface area (TPSA) is 91.7 Å². The normalized spacial score (nSPS) is 20.1. The monoisotopic (exact) mass is 208 g/mol. The van der Waals surface area contributed by atoms with Gasteiger partial charge in [0, 0.05) is 0 Å². The van der Waals surface area contributed by atoms with E-state index < -0.39 is 17.9 Å². The molecule has 0 bridgehead atoms. The first kappa shape index (κ1) is 10.9. The molecule has 5 nitrogen and oxygen atoms in total. The Labute approximate surface area is 85.0 Å². The van der Waals surface area contributed by atoms with Crippen LogP contribution in [0.25, 0.3) is 0 Å². The first-order valence-electron chi connectivity index (χ1n) is 4.09. The number of hydrogen-bond donors (Lipinski definition) is 2. The van der Waals surface area contributed by atoms with Crippen molar-refractivity contribution in [2.45, 2.75) is 6.92 Å². The Bertz CT molecular complexity index is 435. The molecule has 0 aromatic rings. The molecule has 5 heteroatoms. The second-order valence-corrected chi connectivity index (χ2v) is 3.05. The zero-order chi connectivity index (χ0) is 11.6. The Balaban J connectivity index is 3.35. The summed E-state index contributed by atoms with van der Waals surface area (Å²) in [4.78, 5) is 32.1. The van der Waals surface area contributed by atoms with E-state index in [1.807, 2.05) is 0 Å². The van der Waals surface area contributed by atoms with Crippen molar-refractivity contribution in [3.63, 3.8) is 0 Å². The molecule has 1 aliphatic rings. The lowest BCUT2D eigenvalue weighted by atomic mass is 9.86. The molecule has 0 spiro atoms. The van der Waals surface area contributed by atoms with Crippen LogP contribution in [0, 0.1) is 5.92 Å². The van der Waals surface area contributed by atoms with Gasteiger partial charge < -0.3 is 10.2 Å². The molecule has 0 aromatic heterocycles. The van der Waals surface area contributed by atoms with Crippen LogP contribution in [0.5, 0.6) is 0 Å². The smallest absolute Gasteiger partial charge is 0.337 e. The summed E-state index contributed by atoms with van der Waals surface area (Å²) in [6, 6.07) is 0. The molecule has 0 saturated carbocycles. The van der Waals surface area contributed by atoms with E-state index in [1.165, 1.54) is 25.0 Å². The lowest BCUT2D eigenvalue weighted by molar-refractivity contribution is -0.138. The summed E-state index contributed by atoms with van der Waals surface area (Å²) in [5.41, 5.74) is -0.270. The zero-order valence-electron chi connectivity index (χ0n) is 7.85. The summed E-state index contributed by atoms with van der Waals surface area (Å²) in [6.07, 6.45) is 2.65. The molecule has 0 amide bonds. The van der Waals surface area contributed by atoms with Gasteiger partial charge >= 0.3 is 11.9 Å².